The highest BCUT2D eigenvalue weighted by atomic mass is 16.2. The molecule has 3 fully saturated rings. The monoisotopic (exact) mass is 541 g/mol. The van der Waals surface area contributed by atoms with Crippen LogP contribution in [0.4, 0.5) is 0 Å². The first-order valence-electron chi connectivity index (χ1n) is 15.2. The number of carbonyl (C=O) groups is 4. The van der Waals surface area contributed by atoms with E-state index in [1.807, 2.05) is 27.7 Å². The van der Waals surface area contributed by atoms with Crippen molar-refractivity contribution in [2.75, 3.05) is 13.6 Å². The van der Waals surface area contributed by atoms with Crippen molar-refractivity contribution in [1.82, 2.24) is 10.2 Å². The Hall–Kier alpha value is -2.31. The number of ketones is 2. The quantitative estimate of drug-likeness (QED) is 0.247. The summed E-state index contributed by atoms with van der Waals surface area (Å²) in [6.45, 7) is 12.3. The second-order valence-corrected chi connectivity index (χ2v) is 13.3. The molecule has 1 N–H and O–H groups in total. The Morgan fingerprint density at radius 2 is 1.67 bits per heavy atom. The largest absolute Gasteiger partial charge is 0.344 e. The molecule has 0 aromatic carbocycles. The third kappa shape index (κ3) is 8.84. The van der Waals surface area contributed by atoms with Gasteiger partial charge in [0.05, 0.1) is 11.8 Å². The van der Waals surface area contributed by atoms with Gasteiger partial charge >= 0.3 is 0 Å². The molecule has 2 aliphatic carbocycles. The lowest BCUT2D eigenvalue weighted by molar-refractivity contribution is -0.143. The Balaban J connectivity index is 1.72. The lowest BCUT2D eigenvalue weighted by atomic mass is 9.83. The zero-order chi connectivity index (χ0) is 28.7. The van der Waals surface area contributed by atoms with Crippen LogP contribution in [0.1, 0.15) is 111 Å². The van der Waals surface area contributed by atoms with E-state index >= 15 is 0 Å². The number of nitrogens with zero attached hydrogens (tertiary/aromatic N) is 2. The maximum atomic E-state index is 14.0. The first-order chi connectivity index (χ1) is 18.4. The summed E-state index contributed by atoms with van der Waals surface area (Å²) in [6.07, 6.45) is 11.0. The highest BCUT2D eigenvalue weighted by Crippen LogP contribution is 2.34. The second-order valence-electron chi connectivity index (χ2n) is 13.3. The predicted octanol–water partition coefficient (Wildman–Crippen LogP) is 5.46. The maximum Gasteiger partial charge on any atom is 0.246 e. The van der Waals surface area contributed by atoms with Crippen LogP contribution < -0.4 is 5.32 Å². The summed E-state index contributed by atoms with van der Waals surface area (Å²) in [5, 5.41) is 3.05. The molecule has 7 heteroatoms. The Morgan fingerprint density at radius 3 is 2.23 bits per heavy atom. The molecule has 0 bridgehead atoms. The van der Waals surface area contributed by atoms with Gasteiger partial charge in [-0.05, 0) is 55.8 Å². The van der Waals surface area contributed by atoms with E-state index < -0.39 is 17.5 Å². The minimum Gasteiger partial charge on any atom is -0.344 e. The van der Waals surface area contributed by atoms with Crippen LogP contribution in [-0.4, -0.2) is 59.7 Å². The van der Waals surface area contributed by atoms with Crippen LogP contribution in [0.2, 0.25) is 0 Å². The van der Waals surface area contributed by atoms with Crippen LogP contribution in [0, 0.1) is 23.2 Å². The third-order valence-corrected chi connectivity index (χ3v) is 8.69. The van der Waals surface area contributed by atoms with Crippen molar-refractivity contribution in [2.45, 2.75) is 123 Å². The Labute approximate surface area is 235 Å². The summed E-state index contributed by atoms with van der Waals surface area (Å²) in [5.41, 5.74) is 0.845. The number of hydrogen-bond donors (Lipinski definition) is 1. The number of rotatable bonds is 13. The first-order valence-corrected chi connectivity index (χ1v) is 15.2. The van der Waals surface area contributed by atoms with E-state index in [-0.39, 0.29) is 35.7 Å². The molecule has 3 atom stereocenters. The van der Waals surface area contributed by atoms with E-state index in [2.05, 4.69) is 16.9 Å². The molecule has 0 unspecified atom stereocenters. The zero-order valence-electron chi connectivity index (χ0n) is 25.0. The fourth-order valence-corrected chi connectivity index (χ4v) is 6.29. The summed E-state index contributed by atoms with van der Waals surface area (Å²) in [6, 6.07) is -1.35. The number of nitrogens with one attached hydrogen (secondary N) is 1. The summed E-state index contributed by atoms with van der Waals surface area (Å²) in [5.74, 6) is 0.294. The van der Waals surface area contributed by atoms with E-state index in [1.54, 1.807) is 11.9 Å². The topological polar surface area (TPSA) is 95.9 Å². The van der Waals surface area contributed by atoms with Crippen LogP contribution in [-0.2, 0) is 19.2 Å². The molecule has 1 saturated heterocycles. The van der Waals surface area contributed by atoms with Crippen LogP contribution in [0.3, 0.4) is 0 Å². The number of Topliss-reactive ketones (excluding diaryl/α,β-unsaturated/α-hetero) is 2. The van der Waals surface area contributed by atoms with E-state index in [1.165, 1.54) is 6.42 Å². The van der Waals surface area contributed by atoms with E-state index in [0.29, 0.717) is 49.8 Å². The van der Waals surface area contributed by atoms with Crippen molar-refractivity contribution in [3.63, 3.8) is 0 Å². The van der Waals surface area contributed by atoms with Crippen molar-refractivity contribution >= 4 is 29.1 Å². The number of carbonyl (C=O) groups excluding carboxylic acids is 4. The van der Waals surface area contributed by atoms with Crippen LogP contribution in [0.15, 0.2) is 17.1 Å². The van der Waals surface area contributed by atoms with Gasteiger partial charge in [0.25, 0.3) is 0 Å². The number of likely N-dealkylation sites (tertiary alicyclic amines) is 1. The molecule has 218 valence electrons. The minimum absolute atomic E-state index is 0.0537. The summed E-state index contributed by atoms with van der Waals surface area (Å²) >= 11 is 0. The summed E-state index contributed by atoms with van der Waals surface area (Å²) < 4.78 is 0. The number of amides is 2. The normalized spacial score (nSPS) is 22.5. The molecule has 3 rings (SSSR count). The SMILES string of the molecule is C=C1C[C@@H](C(=O)C[C@@H](CCC)C(=NC)C(=O)CC2CC2)N(C(=O)[C@@H](NC(=O)CC2CCCCC2)C(C)(C)C)C1. The van der Waals surface area contributed by atoms with Gasteiger partial charge in [-0.3, -0.25) is 24.2 Å². The Morgan fingerprint density at radius 1 is 1.03 bits per heavy atom. The Kier molecular flexibility index (Phi) is 11.1. The van der Waals surface area contributed by atoms with Gasteiger partial charge in [-0.2, -0.15) is 0 Å². The van der Waals surface area contributed by atoms with Gasteiger partial charge in [0, 0.05) is 38.8 Å². The van der Waals surface area contributed by atoms with E-state index in [4.69, 9.17) is 0 Å². The Bertz CT molecular complexity index is 953. The van der Waals surface area contributed by atoms with Crippen molar-refractivity contribution in [1.29, 1.82) is 0 Å². The lowest BCUT2D eigenvalue weighted by Crippen LogP contribution is -2.57. The summed E-state index contributed by atoms with van der Waals surface area (Å²) in [7, 11) is 1.64. The molecule has 1 aliphatic heterocycles. The molecule has 7 nitrogen and oxygen atoms in total. The molecule has 2 saturated carbocycles. The zero-order valence-corrected chi connectivity index (χ0v) is 25.0. The lowest BCUT2D eigenvalue weighted by Gasteiger charge is -2.36. The van der Waals surface area contributed by atoms with Crippen molar-refractivity contribution in [3.05, 3.63) is 12.2 Å². The fraction of sp³-hybridized carbons (Fsp3) is 0.781. The van der Waals surface area contributed by atoms with Gasteiger partial charge in [-0.1, -0.05) is 65.5 Å². The van der Waals surface area contributed by atoms with Crippen LogP contribution >= 0.6 is 0 Å². The van der Waals surface area contributed by atoms with E-state index in [0.717, 1.165) is 50.5 Å². The molecule has 39 heavy (non-hydrogen) atoms. The van der Waals surface area contributed by atoms with Gasteiger partial charge in [-0.25, -0.2) is 0 Å². The molecular formula is C32H51N3O4. The number of aliphatic imine (C=N–C) groups is 1. The molecule has 0 radical (unpaired) electrons. The van der Waals surface area contributed by atoms with Gasteiger partial charge in [-0.15, -0.1) is 0 Å². The molecule has 0 spiro atoms. The summed E-state index contributed by atoms with van der Waals surface area (Å²) in [4.78, 5) is 59.6. The molecule has 0 aromatic heterocycles. The first kappa shape index (κ1) is 31.2. The molecular weight excluding hydrogens is 490 g/mol. The smallest absolute Gasteiger partial charge is 0.246 e. The fourth-order valence-electron chi connectivity index (χ4n) is 6.29. The van der Waals surface area contributed by atoms with Gasteiger partial charge < -0.3 is 10.2 Å². The third-order valence-electron chi connectivity index (χ3n) is 8.69. The highest BCUT2D eigenvalue weighted by Gasteiger charge is 2.43. The minimum atomic E-state index is -0.728. The van der Waals surface area contributed by atoms with Gasteiger partial charge in [0.15, 0.2) is 11.6 Å². The van der Waals surface area contributed by atoms with Gasteiger partial charge in [0.2, 0.25) is 11.8 Å². The van der Waals surface area contributed by atoms with Crippen LogP contribution in [0.5, 0.6) is 0 Å². The standard InChI is InChI=1S/C32H51N3O4/c1-7-11-24(29(33-6)27(37)17-23-14-15-23)19-26(36)25-16-21(2)20-35(25)31(39)30(32(3,4)5)34-28(38)18-22-12-9-8-10-13-22/h22-25,30H,2,7-20H2,1,3-6H3,(H,34,38)/t24-,25+,30-/m1/s1. The van der Waals surface area contributed by atoms with Crippen LogP contribution in [0.25, 0.3) is 0 Å². The highest BCUT2D eigenvalue weighted by molar-refractivity contribution is 6.41. The van der Waals surface area contributed by atoms with Crippen molar-refractivity contribution in [2.24, 2.45) is 28.2 Å². The molecule has 1 heterocycles. The molecule has 0 aromatic rings. The van der Waals surface area contributed by atoms with Crippen molar-refractivity contribution in [3.8, 4) is 0 Å². The van der Waals surface area contributed by atoms with Crippen molar-refractivity contribution < 1.29 is 19.2 Å². The second kappa shape index (κ2) is 13.8. The average molecular weight is 542 g/mol. The maximum absolute atomic E-state index is 14.0. The molecule has 2 amide bonds. The average Bonchev–Trinajstić information content (AvgIpc) is 3.59. The van der Waals surface area contributed by atoms with E-state index in [9.17, 15) is 19.2 Å². The number of hydrogen-bond acceptors (Lipinski definition) is 5. The molecule has 3 aliphatic rings. The predicted molar refractivity (Wildman–Crippen MR) is 156 cm³/mol. The van der Waals surface area contributed by atoms with Gasteiger partial charge in [0.1, 0.15) is 6.04 Å².